The van der Waals surface area contributed by atoms with Gasteiger partial charge in [0, 0.05) is 79.8 Å². The second-order valence-electron chi connectivity index (χ2n) is 12.4. The topological polar surface area (TPSA) is 131 Å². The van der Waals surface area contributed by atoms with E-state index in [0.717, 1.165) is 82.2 Å². The molecule has 1 amide bonds. The van der Waals surface area contributed by atoms with Crippen LogP contribution in [0.5, 0.6) is 0 Å². The molecule has 1 unspecified atom stereocenters. The summed E-state index contributed by atoms with van der Waals surface area (Å²) in [5.41, 5.74) is 8.06. The molecule has 1 aromatic carbocycles. The highest BCUT2D eigenvalue weighted by Crippen LogP contribution is 2.35. The van der Waals surface area contributed by atoms with Crippen molar-refractivity contribution in [2.75, 3.05) is 69.2 Å². The van der Waals surface area contributed by atoms with E-state index in [4.69, 9.17) is 4.98 Å². The number of carbonyl (C=O) groups excluding carboxylic acids is 1. The van der Waals surface area contributed by atoms with E-state index in [1.807, 2.05) is 18.2 Å². The zero-order valence-electron chi connectivity index (χ0n) is 27.0. The lowest BCUT2D eigenvalue weighted by atomic mass is 10.1. The van der Waals surface area contributed by atoms with E-state index in [1.165, 1.54) is 0 Å². The standard InChI is InChI=1S/C32H42BrN9O3S/c1-6-46(44,45)41-10-9-24(18-41)36-29-26(33)17-34-32-30(29)37-31(38-32)25-16-21(3)42(22(25)4)27-8-7-23(15-20(27)2)35-28(43)19-40-13-11-39(5)12-14-40/h7-8,15-17,24H,6,9-14,18-19H2,1-5H3,(H,35,43)(H2,34,36,37,38). The monoisotopic (exact) mass is 711 g/mol. The number of anilines is 2. The van der Waals surface area contributed by atoms with Gasteiger partial charge in [-0.15, -0.1) is 0 Å². The third-order valence-corrected chi connectivity index (χ3v) is 11.6. The van der Waals surface area contributed by atoms with Gasteiger partial charge in [0.05, 0.1) is 22.5 Å². The van der Waals surface area contributed by atoms with Crippen LogP contribution >= 0.6 is 15.9 Å². The largest absolute Gasteiger partial charge is 0.378 e. The second kappa shape index (κ2) is 13.1. The number of aromatic amines is 1. The molecule has 46 heavy (non-hydrogen) atoms. The first kappa shape index (κ1) is 32.6. The van der Waals surface area contributed by atoms with E-state index in [0.29, 0.717) is 31.1 Å². The van der Waals surface area contributed by atoms with Gasteiger partial charge in [-0.05, 0) is 86.9 Å². The highest BCUT2D eigenvalue weighted by molar-refractivity contribution is 9.10. The maximum atomic E-state index is 12.8. The molecule has 0 aliphatic carbocycles. The highest BCUT2D eigenvalue weighted by atomic mass is 79.9. The molecule has 2 saturated heterocycles. The number of nitrogens with one attached hydrogen (secondary N) is 3. The number of carbonyl (C=O) groups is 1. The first-order valence-corrected chi connectivity index (χ1v) is 18.1. The average Bonchev–Trinajstić information content (AvgIpc) is 3.74. The third kappa shape index (κ3) is 6.58. The zero-order valence-corrected chi connectivity index (χ0v) is 29.4. The van der Waals surface area contributed by atoms with E-state index >= 15 is 0 Å². The van der Waals surface area contributed by atoms with Gasteiger partial charge >= 0.3 is 0 Å². The number of nitrogens with zero attached hydrogens (tertiary/aromatic N) is 6. The summed E-state index contributed by atoms with van der Waals surface area (Å²) in [6, 6.07) is 8.12. The number of halogens is 1. The molecule has 246 valence electrons. The van der Waals surface area contributed by atoms with Crippen molar-refractivity contribution in [2.24, 2.45) is 0 Å². The number of aryl methyl sites for hydroxylation is 2. The fourth-order valence-electron chi connectivity index (χ4n) is 6.45. The van der Waals surface area contributed by atoms with E-state index < -0.39 is 10.0 Å². The van der Waals surface area contributed by atoms with Gasteiger partial charge in [0.25, 0.3) is 0 Å². The molecule has 14 heteroatoms. The Bertz CT molecular complexity index is 1880. The number of hydrogen-bond acceptors (Lipinski definition) is 8. The van der Waals surface area contributed by atoms with Crippen molar-refractivity contribution in [2.45, 2.75) is 40.2 Å². The summed E-state index contributed by atoms with van der Waals surface area (Å²) in [6.45, 7) is 13.0. The maximum absolute atomic E-state index is 12.8. The summed E-state index contributed by atoms with van der Waals surface area (Å²) in [5, 5.41) is 6.62. The summed E-state index contributed by atoms with van der Waals surface area (Å²) >= 11 is 3.64. The molecule has 3 N–H and O–H groups in total. The zero-order chi connectivity index (χ0) is 32.7. The van der Waals surface area contributed by atoms with Crippen molar-refractivity contribution in [1.82, 2.24) is 33.6 Å². The molecule has 4 aromatic rings. The molecular weight excluding hydrogens is 670 g/mol. The van der Waals surface area contributed by atoms with Crippen LogP contribution in [0.3, 0.4) is 0 Å². The lowest BCUT2D eigenvalue weighted by molar-refractivity contribution is -0.117. The summed E-state index contributed by atoms with van der Waals surface area (Å²) in [4.78, 5) is 30.1. The minimum Gasteiger partial charge on any atom is -0.378 e. The predicted molar refractivity (Wildman–Crippen MR) is 186 cm³/mol. The smallest absolute Gasteiger partial charge is 0.238 e. The highest BCUT2D eigenvalue weighted by Gasteiger charge is 2.31. The molecule has 0 spiro atoms. The predicted octanol–water partition coefficient (Wildman–Crippen LogP) is 4.13. The lowest BCUT2D eigenvalue weighted by Gasteiger charge is -2.31. The minimum atomic E-state index is -3.23. The fourth-order valence-corrected chi connectivity index (χ4v) is 8.03. The van der Waals surface area contributed by atoms with Gasteiger partial charge in [-0.2, -0.15) is 4.31 Å². The SMILES string of the molecule is CCS(=O)(=O)N1CCC(Nc2c(Br)cnc3nc(-c4cc(C)n(-c5ccc(NC(=O)CN6CCN(C)CC6)cc5C)c4C)[nH]c23)C1. The Labute approximate surface area is 278 Å². The van der Waals surface area contributed by atoms with Gasteiger partial charge in [0.1, 0.15) is 11.3 Å². The van der Waals surface area contributed by atoms with E-state index in [-0.39, 0.29) is 17.7 Å². The Kier molecular flexibility index (Phi) is 9.27. The summed E-state index contributed by atoms with van der Waals surface area (Å²) in [6.07, 6.45) is 2.44. The van der Waals surface area contributed by atoms with Crippen LogP contribution < -0.4 is 10.6 Å². The average molecular weight is 713 g/mol. The Balaban J connectivity index is 1.22. The number of hydrogen-bond donors (Lipinski definition) is 3. The Morgan fingerprint density at radius 2 is 1.87 bits per heavy atom. The van der Waals surface area contributed by atoms with E-state index in [9.17, 15) is 13.2 Å². The van der Waals surface area contributed by atoms with Gasteiger partial charge in [-0.3, -0.25) is 9.69 Å². The third-order valence-electron chi connectivity index (χ3n) is 9.10. The number of rotatable bonds is 9. The number of aromatic nitrogens is 4. The van der Waals surface area contributed by atoms with Crippen molar-refractivity contribution in [1.29, 1.82) is 0 Å². The number of likely N-dealkylation sites (N-methyl/N-ethyl adjacent to an activating group) is 1. The summed E-state index contributed by atoms with van der Waals surface area (Å²) in [5.74, 6) is 0.806. The number of pyridine rings is 1. The van der Waals surface area contributed by atoms with Gasteiger partial charge < -0.3 is 25.1 Å². The quantitative estimate of drug-likeness (QED) is 0.236. The van der Waals surface area contributed by atoms with Gasteiger partial charge in [-0.25, -0.2) is 18.4 Å². The molecule has 0 radical (unpaired) electrons. The van der Waals surface area contributed by atoms with Crippen molar-refractivity contribution < 1.29 is 13.2 Å². The second-order valence-corrected chi connectivity index (χ2v) is 15.5. The van der Waals surface area contributed by atoms with Crippen LogP contribution in [0.15, 0.2) is 34.9 Å². The Morgan fingerprint density at radius 1 is 1.11 bits per heavy atom. The van der Waals surface area contributed by atoms with Crippen LogP contribution in [0.1, 0.15) is 30.3 Å². The molecule has 5 heterocycles. The molecule has 2 fully saturated rings. The molecular formula is C32H42BrN9O3S. The van der Waals surface area contributed by atoms with Gasteiger partial charge in [0.2, 0.25) is 15.9 Å². The van der Waals surface area contributed by atoms with Crippen molar-refractivity contribution in [3.63, 3.8) is 0 Å². The number of imidazole rings is 1. The number of amides is 1. The minimum absolute atomic E-state index is 0.00237. The van der Waals surface area contributed by atoms with Gasteiger partial charge in [0.15, 0.2) is 5.65 Å². The van der Waals surface area contributed by atoms with Crippen molar-refractivity contribution in [3.05, 3.63) is 51.9 Å². The first-order valence-electron chi connectivity index (χ1n) is 15.7. The summed E-state index contributed by atoms with van der Waals surface area (Å²) < 4.78 is 29.3. The number of benzene rings is 1. The van der Waals surface area contributed by atoms with Crippen LogP contribution in [-0.4, -0.2) is 113 Å². The first-order chi connectivity index (χ1) is 21.9. The van der Waals surface area contributed by atoms with Crippen molar-refractivity contribution in [3.8, 4) is 17.1 Å². The molecule has 0 saturated carbocycles. The van der Waals surface area contributed by atoms with E-state index in [2.05, 4.69) is 84.8 Å². The molecule has 6 rings (SSSR count). The Morgan fingerprint density at radius 3 is 2.59 bits per heavy atom. The molecule has 2 aliphatic rings. The number of piperazine rings is 1. The lowest BCUT2D eigenvalue weighted by Crippen LogP contribution is -2.47. The van der Waals surface area contributed by atoms with Crippen LogP contribution in [-0.2, 0) is 14.8 Å². The van der Waals surface area contributed by atoms with E-state index in [1.54, 1.807) is 17.4 Å². The van der Waals surface area contributed by atoms with Crippen LogP contribution in [0.2, 0.25) is 0 Å². The van der Waals surface area contributed by atoms with Crippen LogP contribution in [0.25, 0.3) is 28.2 Å². The number of sulfonamides is 1. The fraction of sp³-hybridized carbons (Fsp3) is 0.469. The molecule has 3 aromatic heterocycles. The van der Waals surface area contributed by atoms with Crippen LogP contribution in [0, 0.1) is 20.8 Å². The van der Waals surface area contributed by atoms with Gasteiger partial charge in [-0.1, -0.05) is 0 Å². The van der Waals surface area contributed by atoms with Crippen molar-refractivity contribution >= 4 is 54.4 Å². The maximum Gasteiger partial charge on any atom is 0.238 e. The Hall–Kier alpha value is -3.30. The summed E-state index contributed by atoms with van der Waals surface area (Å²) in [7, 11) is -1.12. The van der Waals surface area contributed by atoms with Crippen LogP contribution in [0.4, 0.5) is 11.4 Å². The normalized spacial score (nSPS) is 18.4. The molecule has 0 bridgehead atoms. The number of fused-ring (bicyclic) bond motifs is 1. The molecule has 12 nitrogen and oxygen atoms in total. The molecule has 2 aliphatic heterocycles. The molecule has 1 atom stereocenters. The number of H-pyrrole nitrogens is 1.